The van der Waals surface area contributed by atoms with Crippen molar-refractivity contribution in [1.82, 2.24) is 4.90 Å². The molecule has 0 fully saturated rings. The van der Waals surface area contributed by atoms with Gasteiger partial charge in [0, 0.05) is 24.0 Å². The normalized spacial score (nSPS) is 20.1. The van der Waals surface area contributed by atoms with Crippen LogP contribution in [0.4, 0.5) is 0 Å². The Morgan fingerprint density at radius 1 is 1.56 bits per heavy atom. The number of hydrogen-bond acceptors (Lipinski definition) is 3. The smallest absolute Gasteiger partial charge is 0.335 e. The summed E-state index contributed by atoms with van der Waals surface area (Å²) < 4.78 is 4.95. The van der Waals surface area contributed by atoms with Crippen LogP contribution in [0.2, 0.25) is 19.6 Å². The fraction of sp³-hybridized carbons (Fsp3) is 0.500. The van der Waals surface area contributed by atoms with Crippen LogP contribution in [0, 0.1) is 5.92 Å². The summed E-state index contributed by atoms with van der Waals surface area (Å²) in [4.78, 5) is 14.2. The van der Waals surface area contributed by atoms with Gasteiger partial charge in [-0.3, -0.25) is 0 Å². The van der Waals surface area contributed by atoms with E-state index in [1.165, 1.54) is 7.11 Å². The Bertz CT molecular complexity index is 405. The second kappa shape index (κ2) is 5.57. The maximum absolute atomic E-state index is 12.0. The predicted octanol–water partition coefficient (Wildman–Crippen LogP) is 2.94. The van der Waals surface area contributed by atoms with Gasteiger partial charge >= 0.3 is 5.97 Å². The van der Waals surface area contributed by atoms with Gasteiger partial charge in [-0.25, -0.2) is 4.79 Å². The van der Waals surface area contributed by atoms with Gasteiger partial charge in [-0.15, -0.1) is 6.58 Å². The highest BCUT2D eigenvalue weighted by molar-refractivity contribution is 6.83. The van der Waals surface area contributed by atoms with Gasteiger partial charge in [0.05, 0.1) is 20.8 Å². The molecule has 0 radical (unpaired) electrons. The van der Waals surface area contributed by atoms with E-state index in [0.717, 1.165) is 17.4 Å². The maximum atomic E-state index is 12.0. The van der Waals surface area contributed by atoms with Crippen LogP contribution in [-0.4, -0.2) is 32.6 Å². The van der Waals surface area contributed by atoms with Crippen molar-refractivity contribution in [2.75, 3.05) is 13.7 Å². The lowest BCUT2D eigenvalue weighted by atomic mass is 9.99. The molecule has 100 valence electrons. The summed E-state index contributed by atoms with van der Waals surface area (Å²) in [5.41, 5.74) is 0.806. The van der Waals surface area contributed by atoms with E-state index in [-0.39, 0.29) is 11.9 Å². The van der Waals surface area contributed by atoms with E-state index in [1.807, 2.05) is 19.1 Å². The summed E-state index contributed by atoms with van der Waals surface area (Å²) in [7, 11) is -0.190. The van der Waals surface area contributed by atoms with Gasteiger partial charge in [0.15, 0.2) is 0 Å². The maximum Gasteiger partial charge on any atom is 0.335 e. The highest BCUT2D eigenvalue weighted by Crippen LogP contribution is 2.32. The number of allylic oxidation sites excluding steroid dienone is 1. The van der Waals surface area contributed by atoms with Crippen molar-refractivity contribution in [2.45, 2.75) is 26.6 Å². The van der Waals surface area contributed by atoms with Crippen LogP contribution >= 0.6 is 0 Å². The summed E-state index contributed by atoms with van der Waals surface area (Å²) in [6, 6.07) is 0. The van der Waals surface area contributed by atoms with Crippen LogP contribution in [0.5, 0.6) is 0 Å². The van der Waals surface area contributed by atoms with Crippen LogP contribution in [0.1, 0.15) is 6.92 Å². The monoisotopic (exact) mass is 265 g/mol. The minimum atomic E-state index is -1.63. The summed E-state index contributed by atoms with van der Waals surface area (Å²) in [5, 5.41) is 1.16. The SMILES string of the molecule is C=CCN1C=CC(C)C(C(=O)OC)=C1[Si](C)(C)C. The molecule has 0 N–H and O–H groups in total. The van der Waals surface area contributed by atoms with Crippen molar-refractivity contribution < 1.29 is 9.53 Å². The molecule has 0 aromatic rings. The second-order valence-corrected chi connectivity index (χ2v) is 10.5. The third kappa shape index (κ3) is 2.93. The fourth-order valence-electron chi connectivity index (χ4n) is 2.29. The molecule has 0 aromatic carbocycles. The number of rotatable bonds is 4. The van der Waals surface area contributed by atoms with E-state index in [1.54, 1.807) is 0 Å². The number of carbonyl (C=O) groups is 1. The molecule has 1 rings (SSSR count). The lowest BCUT2D eigenvalue weighted by Gasteiger charge is -2.37. The fourth-order valence-corrected chi connectivity index (χ4v) is 4.46. The van der Waals surface area contributed by atoms with Crippen molar-refractivity contribution in [3.05, 3.63) is 35.8 Å². The van der Waals surface area contributed by atoms with Gasteiger partial charge < -0.3 is 9.64 Å². The van der Waals surface area contributed by atoms with Crippen LogP contribution in [-0.2, 0) is 9.53 Å². The Morgan fingerprint density at radius 2 is 2.17 bits per heavy atom. The molecule has 1 aliphatic rings. The minimum Gasteiger partial charge on any atom is -0.466 e. The third-order valence-corrected chi connectivity index (χ3v) is 4.97. The number of esters is 1. The molecule has 0 saturated heterocycles. The molecule has 1 heterocycles. The lowest BCUT2D eigenvalue weighted by molar-refractivity contribution is -0.136. The zero-order valence-corrected chi connectivity index (χ0v) is 13.0. The number of hydrogen-bond donors (Lipinski definition) is 0. The van der Waals surface area contributed by atoms with Crippen molar-refractivity contribution in [2.24, 2.45) is 5.92 Å². The van der Waals surface area contributed by atoms with Gasteiger partial charge in [-0.2, -0.15) is 0 Å². The summed E-state index contributed by atoms with van der Waals surface area (Å²) in [6.45, 7) is 13.3. The first-order valence-corrected chi connectivity index (χ1v) is 9.71. The largest absolute Gasteiger partial charge is 0.466 e. The average molecular weight is 265 g/mol. The third-order valence-electron chi connectivity index (χ3n) is 2.99. The topological polar surface area (TPSA) is 29.5 Å². The zero-order chi connectivity index (χ0) is 13.9. The number of carbonyl (C=O) groups excluding carboxylic acids is 1. The van der Waals surface area contributed by atoms with E-state index in [9.17, 15) is 4.79 Å². The van der Waals surface area contributed by atoms with Crippen molar-refractivity contribution in [3.63, 3.8) is 0 Å². The molecule has 0 saturated carbocycles. The van der Waals surface area contributed by atoms with E-state index < -0.39 is 8.07 Å². The Hall–Kier alpha value is -1.29. The molecule has 18 heavy (non-hydrogen) atoms. The first-order valence-electron chi connectivity index (χ1n) is 6.21. The molecule has 0 aromatic heterocycles. The molecule has 0 bridgehead atoms. The highest BCUT2D eigenvalue weighted by atomic mass is 28.3. The molecule has 1 aliphatic heterocycles. The van der Waals surface area contributed by atoms with Crippen LogP contribution in [0.3, 0.4) is 0 Å². The molecule has 3 nitrogen and oxygen atoms in total. The van der Waals surface area contributed by atoms with Crippen LogP contribution in [0.15, 0.2) is 35.8 Å². The second-order valence-electron chi connectivity index (χ2n) is 5.58. The summed E-state index contributed by atoms with van der Waals surface area (Å²) in [6.07, 6.45) is 5.96. The van der Waals surface area contributed by atoms with Gasteiger partial charge in [0.1, 0.15) is 0 Å². The molecule has 4 heteroatoms. The summed E-state index contributed by atoms with van der Waals surface area (Å²) in [5.74, 6) is -0.0985. The van der Waals surface area contributed by atoms with Crippen molar-refractivity contribution in [3.8, 4) is 0 Å². The molecular weight excluding hydrogens is 242 g/mol. The molecule has 0 amide bonds. The number of ether oxygens (including phenoxy) is 1. The Kier molecular flexibility index (Phi) is 4.57. The molecule has 1 unspecified atom stereocenters. The van der Waals surface area contributed by atoms with Gasteiger partial charge in [0.2, 0.25) is 0 Å². The van der Waals surface area contributed by atoms with E-state index in [2.05, 4.69) is 37.3 Å². The average Bonchev–Trinajstić information content (AvgIpc) is 2.29. The molecule has 0 spiro atoms. The minimum absolute atomic E-state index is 0.111. The molecule has 0 aliphatic carbocycles. The number of nitrogens with zero attached hydrogens (tertiary/aromatic N) is 1. The van der Waals surface area contributed by atoms with E-state index in [4.69, 9.17) is 4.74 Å². The van der Waals surface area contributed by atoms with Crippen molar-refractivity contribution >= 4 is 14.0 Å². The molecular formula is C14H23NO2Si. The van der Waals surface area contributed by atoms with E-state index >= 15 is 0 Å². The lowest BCUT2D eigenvalue weighted by Crippen LogP contribution is -2.40. The highest BCUT2D eigenvalue weighted by Gasteiger charge is 2.34. The van der Waals surface area contributed by atoms with Gasteiger partial charge in [0.25, 0.3) is 0 Å². The Balaban J connectivity index is 3.36. The molecule has 1 atom stereocenters. The first-order chi connectivity index (χ1) is 8.32. The van der Waals surface area contributed by atoms with Gasteiger partial charge in [-0.05, 0) is 0 Å². The standard InChI is InChI=1S/C14H23NO2Si/c1-7-9-15-10-8-11(2)12(14(16)17-3)13(15)18(4,5)6/h7-8,10-11H,1,9H2,2-6H3. The number of methoxy groups -OCH3 is 1. The summed E-state index contributed by atoms with van der Waals surface area (Å²) >= 11 is 0. The Labute approximate surface area is 111 Å². The Morgan fingerprint density at radius 3 is 2.61 bits per heavy atom. The van der Waals surface area contributed by atoms with E-state index in [0.29, 0.717) is 0 Å². The zero-order valence-electron chi connectivity index (χ0n) is 12.0. The van der Waals surface area contributed by atoms with Crippen LogP contribution < -0.4 is 0 Å². The van der Waals surface area contributed by atoms with Gasteiger partial charge in [-0.1, -0.05) is 38.7 Å². The predicted molar refractivity (Wildman–Crippen MR) is 77.6 cm³/mol. The quantitative estimate of drug-likeness (QED) is 0.445. The van der Waals surface area contributed by atoms with Crippen LogP contribution in [0.25, 0.3) is 0 Å². The first kappa shape index (κ1) is 14.8. The van der Waals surface area contributed by atoms with Crippen molar-refractivity contribution in [1.29, 1.82) is 0 Å².